The van der Waals surface area contributed by atoms with Gasteiger partial charge >= 0.3 is 32.3 Å². The van der Waals surface area contributed by atoms with E-state index < -0.39 is 7.82 Å². The van der Waals surface area contributed by atoms with Crippen molar-refractivity contribution in [3.05, 3.63) is 0 Å². The maximum Gasteiger partial charge on any atom is 3.00 e. The molecule has 0 aromatic carbocycles. The largest absolute Gasteiger partial charge is 3.00 e. The predicted octanol–water partition coefficient (Wildman–Crippen LogP) is -2.43. The molecule has 6 N–H and O–H groups in total. The second kappa shape index (κ2) is 11.6. The molecule has 0 heterocycles. The molecule has 0 aromatic heterocycles. The Kier molecular flexibility index (Phi) is 42.4. The summed E-state index contributed by atoms with van der Waals surface area (Å²) in [6, 6.07) is 0. The Morgan fingerprint density at radius 2 is 1.11 bits per heavy atom. The van der Waals surface area contributed by atoms with E-state index in [0.717, 1.165) is 0 Å². The van der Waals surface area contributed by atoms with Gasteiger partial charge in [0.15, 0.2) is 0 Å². The van der Waals surface area contributed by atoms with Gasteiger partial charge in [-0.3, -0.25) is 0 Å². The van der Waals surface area contributed by atoms with Crippen molar-refractivity contribution < 1.29 is 35.7 Å². The number of hydrogen-bond acceptors (Lipinski definition) is 2. The Morgan fingerprint density at radius 3 is 1.11 bits per heavy atom. The first-order chi connectivity index (χ1) is 2.00. The molecule has 9 heavy (non-hydrogen) atoms. The van der Waals surface area contributed by atoms with E-state index in [4.69, 9.17) is 19.2 Å². The van der Waals surface area contributed by atoms with Gasteiger partial charge in [-0.1, -0.05) is 0 Å². The Morgan fingerprint density at radius 1 is 1.11 bits per heavy atom. The van der Waals surface area contributed by atoms with E-state index in [-0.39, 0.29) is 40.9 Å². The molecular weight excluding hydrogens is 265 g/mol. The van der Waals surface area contributed by atoms with Gasteiger partial charge in [0.2, 0.25) is 0 Å². The van der Waals surface area contributed by atoms with Crippen LogP contribution < -0.4 is 0 Å². The van der Waals surface area contributed by atoms with Crippen LogP contribution in [0.5, 0.6) is 0 Å². The number of hydrogen-bond donors (Lipinski definition) is 3. The second-order valence-corrected chi connectivity index (χ2v) is 1.54. The van der Waals surface area contributed by atoms with Crippen LogP contribution in [0.4, 0.5) is 0 Å². The van der Waals surface area contributed by atoms with Gasteiger partial charge < -0.3 is 31.1 Å². The van der Waals surface area contributed by atoms with Gasteiger partial charge in [-0.05, 0) is 0 Å². The summed E-state index contributed by atoms with van der Waals surface area (Å²) in [6.07, 6.45) is 0. The Bertz CT molecular complexity index is 55.1. The van der Waals surface area contributed by atoms with Crippen molar-refractivity contribution in [2.24, 2.45) is 0 Å². The minimum atomic E-state index is -4.64. The summed E-state index contributed by atoms with van der Waals surface area (Å²) in [5, 5.41) is 0. The van der Waals surface area contributed by atoms with Crippen LogP contribution in [0.15, 0.2) is 0 Å². The van der Waals surface area contributed by atoms with E-state index in [1.165, 1.54) is 0 Å². The Hall–Kier alpha value is 0.808. The van der Waals surface area contributed by atoms with Crippen molar-refractivity contribution >= 4 is 32.3 Å². The minimum absolute atomic E-state index is 0. The van der Waals surface area contributed by atoms with Gasteiger partial charge in [-0.2, -0.15) is 0 Å². The zero-order chi connectivity index (χ0) is 4.50. The molecule has 0 saturated carbocycles. The molecule has 2 radical (unpaired) electrons. The van der Waals surface area contributed by atoms with Crippen LogP contribution in [0.2, 0.25) is 0 Å². The summed E-state index contributed by atoms with van der Waals surface area (Å²) >= 11 is 0. The standard InChI is InChI=1S/H3O4P.2H2O.O.Sb/c1-5(2,3)4;;;;/h(H3,1,2,3,4);2*1H2;;/q;;;-2;+3/p-1. The topological polar surface area (TPSA) is 168 Å². The van der Waals surface area contributed by atoms with Gasteiger partial charge in [0, 0.05) is 0 Å². The van der Waals surface area contributed by atoms with Gasteiger partial charge in [-0.15, -0.1) is 0 Å². The third kappa shape index (κ3) is 625. The zero-order valence-electron chi connectivity index (χ0n) is 4.00. The molecule has 0 bridgehead atoms. The third-order valence-electron chi connectivity index (χ3n) is 0. The maximum atomic E-state index is 8.88. The van der Waals surface area contributed by atoms with Crippen molar-refractivity contribution in [3.63, 3.8) is 0 Å². The third-order valence-corrected chi connectivity index (χ3v) is 0. The molecule has 0 aliphatic carbocycles. The van der Waals surface area contributed by atoms with Crippen LogP contribution in [-0.2, 0) is 10.0 Å². The van der Waals surface area contributed by atoms with Gasteiger partial charge in [-0.25, -0.2) is 4.57 Å². The summed E-state index contributed by atoms with van der Waals surface area (Å²) in [6.45, 7) is 0. The molecule has 0 atom stereocenters. The Balaban J connectivity index is -0.0000000133. The number of phosphoric acid groups is 1. The Labute approximate surface area is 68.3 Å². The van der Waals surface area contributed by atoms with Gasteiger partial charge in [0.25, 0.3) is 0 Å². The van der Waals surface area contributed by atoms with E-state index in [1.807, 2.05) is 0 Å². The normalized spacial score (nSPS) is 6.56. The average Bonchev–Trinajstić information content (AvgIpc) is 0.722. The van der Waals surface area contributed by atoms with Crippen LogP contribution in [0.25, 0.3) is 0 Å². The molecule has 0 aliphatic rings. The molecule has 58 valence electrons. The molecule has 0 saturated heterocycles. The van der Waals surface area contributed by atoms with Crippen LogP contribution in [-0.4, -0.2) is 50.1 Å². The minimum Gasteiger partial charge on any atom is -2.00 e. The SMILES string of the molecule is O.O=P(O)(O)O.[O-2].[OH-].[Sb+3]. The predicted molar refractivity (Wildman–Crippen MR) is 26.3 cm³/mol. The van der Waals surface area contributed by atoms with Crippen molar-refractivity contribution in [2.45, 2.75) is 0 Å². The molecular formula is H6O7PSb. The van der Waals surface area contributed by atoms with Gasteiger partial charge in [0.1, 0.15) is 0 Å². The molecule has 0 aromatic rings. The molecule has 0 spiro atoms. The fraction of sp³-hybridized carbons (Fsp3) is 0. The van der Waals surface area contributed by atoms with E-state index in [9.17, 15) is 0 Å². The van der Waals surface area contributed by atoms with Crippen LogP contribution in [0.1, 0.15) is 0 Å². The van der Waals surface area contributed by atoms with E-state index in [1.54, 1.807) is 0 Å². The van der Waals surface area contributed by atoms with Crippen molar-refractivity contribution in [1.82, 2.24) is 0 Å². The smallest absolute Gasteiger partial charge is 2.00 e. The molecule has 0 fully saturated rings. The summed E-state index contributed by atoms with van der Waals surface area (Å²) in [4.78, 5) is 21.6. The van der Waals surface area contributed by atoms with Crippen molar-refractivity contribution in [1.29, 1.82) is 0 Å². The van der Waals surface area contributed by atoms with E-state index in [0.29, 0.717) is 0 Å². The molecule has 0 aliphatic heterocycles. The molecule has 0 rings (SSSR count). The molecule has 0 unspecified atom stereocenters. The summed E-state index contributed by atoms with van der Waals surface area (Å²) in [7, 11) is -4.64. The molecule has 9 heteroatoms. The van der Waals surface area contributed by atoms with Crippen LogP contribution in [0, 0.1) is 0 Å². The second-order valence-electron chi connectivity index (χ2n) is 0.513. The average molecular weight is 271 g/mol. The fourth-order valence-electron chi connectivity index (χ4n) is 0. The summed E-state index contributed by atoms with van der Waals surface area (Å²) < 4.78 is 8.88. The van der Waals surface area contributed by atoms with E-state index >= 15 is 0 Å². The summed E-state index contributed by atoms with van der Waals surface area (Å²) in [5.74, 6) is 0. The van der Waals surface area contributed by atoms with E-state index in [2.05, 4.69) is 0 Å². The molecule has 7 nitrogen and oxygen atoms in total. The first kappa shape index (κ1) is 32.9. The van der Waals surface area contributed by atoms with Crippen LogP contribution >= 0.6 is 7.82 Å². The maximum absolute atomic E-state index is 8.88. The van der Waals surface area contributed by atoms with Crippen molar-refractivity contribution in [3.8, 4) is 0 Å². The first-order valence-corrected chi connectivity index (χ1v) is 2.35. The number of rotatable bonds is 0. The van der Waals surface area contributed by atoms with Crippen molar-refractivity contribution in [2.75, 3.05) is 0 Å². The first-order valence-electron chi connectivity index (χ1n) is 0.783. The fourth-order valence-corrected chi connectivity index (χ4v) is 0. The zero-order valence-corrected chi connectivity index (χ0v) is 7.45. The summed E-state index contributed by atoms with van der Waals surface area (Å²) in [5.41, 5.74) is 0. The van der Waals surface area contributed by atoms with Crippen LogP contribution in [0.3, 0.4) is 0 Å². The monoisotopic (exact) mass is 270 g/mol. The molecule has 0 amide bonds. The quantitative estimate of drug-likeness (QED) is 0.328. The van der Waals surface area contributed by atoms with Gasteiger partial charge in [0.05, 0.1) is 0 Å².